The lowest BCUT2D eigenvalue weighted by molar-refractivity contribution is 0.989. The van der Waals surface area contributed by atoms with Gasteiger partial charge >= 0.3 is 0 Å². The first-order chi connectivity index (χ1) is 10.8. The summed E-state index contributed by atoms with van der Waals surface area (Å²) < 4.78 is 0. The molecule has 0 atom stereocenters. The lowest BCUT2D eigenvalue weighted by Gasteiger charge is -2.10. The summed E-state index contributed by atoms with van der Waals surface area (Å²) in [5, 5.41) is 7.14. The third kappa shape index (κ3) is 6.08. The predicted octanol–water partition coefficient (Wildman–Crippen LogP) is 4.47. The quantitative estimate of drug-likeness (QED) is 0.578. The van der Waals surface area contributed by atoms with Gasteiger partial charge in [-0.05, 0) is 41.9 Å². The monoisotopic (exact) mass is 330 g/mol. The number of thiocarbonyl (C=S) groups is 1. The van der Waals surface area contributed by atoms with E-state index in [2.05, 4.69) is 66.1 Å². The summed E-state index contributed by atoms with van der Waals surface area (Å²) in [4.78, 5) is 0. The number of aryl methyl sites for hydroxylation is 1. The Morgan fingerprint density at radius 1 is 1.00 bits per heavy atom. The van der Waals surface area contributed by atoms with Gasteiger partial charge in [-0.25, -0.2) is 0 Å². The number of hydrogen-bond acceptors (Lipinski definition) is 2. The van der Waals surface area contributed by atoms with Crippen LogP contribution in [0.3, 0.4) is 0 Å². The van der Waals surface area contributed by atoms with Crippen molar-refractivity contribution in [3.8, 4) is 0 Å². The van der Waals surface area contributed by atoms with Crippen molar-refractivity contribution < 1.29 is 0 Å². The van der Waals surface area contributed by atoms with E-state index in [1.807, 2.05) is 17.8 Å². The van der Waals surface area contributed by atoms with E-state index in [0.717, 1.165) is 30.2 Å². The molecule has 0 fully saturated rings. The topological polar surface area (TPSA) is 24.1 Å². The number of benzene rings is 2. The molecule has 0 aliphatic rings. The molecule has 0 aliphatic carbocycles. The van der Waals surface area contributed by atoms with Crippen LogP contribution in [0.25, 0.3) is 0 Å². The summed E-state index contributed by atoms with van der Waals surface area (Å²) in [6.45, 7) is 3.03. The van der Waals surface area contributed by atoms with Crippen LogP contribution in [0.2, 0.25) is 0 Å². The van der Waals surface area contributed by atoms with Gasteiger partial charge in [-0.3, -0.25) is 0 Å². The normalized spacial score (nSPS) is 10.2. The van der Waals surface area contributed by atoms with Crippen LogP contribution in [-0.2, 0) is 12.2 Å². The predicted molar refractivity (Wildman–Crippen MR) is 103 cm³/mol. The maximum atomic E-state index is 5.31. The molecular weight excluding hydrogens is 308 g/mol. The van der Waals surface area contributed by atoms with E-state index in [0.29, 0.717) is 5.11 Å². The molecule has 2 rings (SSSR count). The highest BCUT2D eigenvalue weighted by Gasteiger charge is 1.98. The lowest BCUT2D eigenvalue weighted by Crippen LogP contribution is -2.30. The van der Waals surface area contributed by atoms with Crippen LogP contribution in [0.15, 0.2) is 54.6 Å². The second kappa shape index (κ2) is 9.49. The van der Waals surface area contributed by atoms with Crippen LogP contribution >= 0.6 is 24.0 Å². The largest absolute Gasteiger partial charge is 0.362 e. The Hall–Kier alpha value is -1.52. The fourth-order valence-corrected chi connectivity index (χ4v) is 3.04. The molecule has 116 valence electrons. The van der Waals surface area contributed by atoms with E-state index in [1.165, 1.54) is 11.1 Å². The number of hydrogen-bond donors (Lipinski definition) is 2. The van der Waals surface area contributed by atoms with E-state index < -0.39 is 0 Å². The Morgan fingerprint density at radius 3 is 2.41 bits per heavy atom. The second-order valence-electron chi connectivity index (χ2n) is 4.97. The highest BCUT2D eigenvalue weighted by molar-refractivity contribution is 7.98. The van der Waals surface area contributed by atoms with Crippen molar-refractivity contribution in [1.82, 2.24) is 5.32 Å². The molecule has 0 radical (unpaired) electrons. The summed E-state index contributed by atoms with van der Waals surface area (Å²) in [7, 11) is 0. The zero-order valence-corrected chi connectivity index (χ0v) is 14.5. The van der Waals surface area contributed by atoms with Crippen molar-refractivity contribution in [2.24, 2.45) is 0 Å². The average Bonchev–Trinajstić information content (AvgIpc) is 2.56. The summed E-state index contributed by atoms with van der Waals surface area (Å²) in [6, 6.07) is 18.9. The fraction of sp³-hybridized carbons (Fsp3) is 0.278. The molecule has 0 unspecified atom stereocenters. The molecule has 0 saturated heterocycles. The summed E-state index contributed by atoms with van der Waals surface area (Å²) in [6.07, 6.45) is 1.06. The second-order valence-corrected chi connectivity index (χ2v) is 6.48. The number of rotatable bonds is 7. The number of nitrogens with one attached hydrogen (secondary N) is 2. The van der Waals surface area contributed by atoms with Crippen LogP contribution < -0.4 is 10.6 Å². The molecule has 0 saturated carbocycles. The van der Waals surface area contributed by atoms with Crippen molar-refractivity contribution in [3.05, 3.63) is 65.7 Å². The van der Waals surface area contributed by atoms with Crippen molar-refractivity contribution >= 4 is 34.8 Å². The van der Waals surface area contributed by atoms with Gasteiger partial charge in [-0.15, -0.1) is 0 Å². The van der Waals surface area contributed by atoms with Crippen LogP contribution in [-0.4, -0.2) is 17.4 Å². The van der Waals surface area contributed by atoms with Gasteiger partial charge in [0.1, 0.15) is 0 Å². The minimum absolute atomic E-state index is 0.685. The number of anilines is 1. The van der Waals surface area contributed by atoms with Gasteiger partial charge in [0.2, 0.25) is 0 Å². The first-order valence-electron chi connectivity index (χ1n) is 7.53. The third-order valence-corrected chi connectivity index (χ3v) is 4.54. The molecule has 0 bridgehead atoms. The van der Waals surface area contributed by atoms with E-state index in [-0.39, 0.29) is 0 Å². The molecule has 22 heavy (non-hydrogen) atoms. The van der Waals surface area contributed by atoms with Crippen molar-refractivity contribution in [2.75, 3.05) is 17.6 Å². The Kier molecular flexibility index (Phi) is 7.26. The molecule has 2 N–H and O–H groups in total. The average molecular weight is 331 g/mol. The zero-order valence-electron chi connectivity index (χ0n) is 12.8. The zero-order chi connectivity index (χ0) is 15.6. The molecule has 2 aromatic rings. The molecule has 0 aromatic heterocycles. The summed E-state index contributed by atoms with van der Waals surface area (Å²) in [5.41, 5.74) is 3.73. The smallest absolute Gasteiger partial charge is 0.170 e. The molecule has 4 heteroatoms. The standard InChI is InChI=1S/C18H22N2S2/c1-2-15-8-10-17(11-9-15)20-18(21)19-12-13-22-14-16-6-4-3-5-7-16/h3-11H,2,12-14H2,1H3,(H2,19,20,21). The minimum atomic E-state index is 0.685. The van der Waals surface area contributed by atoms with Crippen molar-refractivity contribution in [2.45, 2.75) is 19.1 Å². The Labute approximate surface area is 142 Å². The van der Waals surface area contributed by atoms with E-state index in [1.54, 1.807) is 0 Å². The first kappa shape index (κ1) is 16.8. The van der Waals surface area contributed by atoms with Crippen LogP contribution in [0.5, 0.6) is 0 Å². The van der Waals surface area contributed by atoms with Gasteiger partial charge in [0.15, 0.2) is 5.11 Å². The molecule has 2 aromatic carbocycles. The third-order valence-electron chi connectivity index (χ3n) is 3.26. The van der Waals surface area contributed by atoms with Gasteiger partial charge < -0.3 is 10.6 Å². The SMILES string of the molecule is CCc1ccc(NC(=S)NCCSCc2ccccc2)cc1. The van der Waals surface area contributed by atoms with Gasteiger partial charge in [-0.1, -0.05) is 49.4 Å². The van der Waals surface area contributed by atoms with Crippen LogP contribution in [0.4, 0.5) is 5.69 Å². The molecular formula is C18H22N2S2. The Balaban J connectivity index is 1.61. The lowest BCUT2D eigenvalue weighted by atomic mass is 10.1. The van der Waals surface area contributed by atoms with Gasteiger partial charge in [0.25, 0.3) is 0 Å². The van der Waals surface area contributed by atoms with E-state index in [9.17, 15) is 0 Å². The minimum Gasteiger partial charge on any atom is -0.362 e. The summed E-state index contributed by atoms with van der Waals surface area (Å²) >= 11 is 7.22. The van der Waals surface area contributed by atoms with Gasteiger partial charge in [-0.2, -0.15) is 11.8 Å². The van der Waals surface area contributed by atoms with Crippen LogP contribution in [0.1, 0.15) is 18.1 Å². The fourth-order valence-electron chi connectivity index (χ4n) is 2.00. The van der Waals surface area contributed by atoms with Gasteiger partial charge in [0.05, 0.1) is 0 Å². The van der Waals surface area contributed by atoms with Crippen molar-refractivity contribution in [3.63, 3.8) is 0 Å². The van der Waals surface area contributed by atoms with Gasteiger partial charge in [0, 0.05) is 23.7 Å². The molecule has 0 aliphatic heterocycles. The molecule has 0 spiro atoms. The number of thioether (sulfide) groups is 1. The maximum Gasteiger partial charge on any atom is 0.170 e. The molecule has 0 amide bonds. The highest BCUT2D eigenvalue weighted by atomic mass is 32.2. The van der Waals surface area contributed by atoms with Crippen molar-refractivity contribution in [1.29, 1.82) is 0 Å². The highest BCUT2D eigenvalue weighted by Crippen LogP contribution is 2.11. The Bertz CT molecular complexity index is 567. The Morgan fingerprint density at radius 2 is 1.73 bits per heavy atom. The maximum absolute atomic E-state index is 5.31. The van der Waals surface area contributed by atoms with Crippen LogP contribution in [0, 0.1) is 0 Å². The molecule has 0 heterocycles. The van der Waals surface area contributed by atoms with E-state index >= 15 is 0 Å². The molecule has 2 nitrogen and oxygen atoms in total. The summed E-state index contributed by atoms with van der Waals surface area (Å²) in [5.74, 6) is 2.08. The first-order valence-corrected chi connectivity index (χ1v) is 9.09. The van der Waals surface area contributed by atoms with E-state index in [4.69, 9.17) is 12.2 Å².